The molecule has 0 unspecified atom stereocenters. The number of nitrogens with zero attached hydrogens (tertiary/aromatic N) is 2. The van der Waals surface area contributed by atoms with Gasteiger partial charge in [0, 0.05) is 32.6 Å². The fourth-order valence-electron chi connectivity index (χ4n) is 0.765. The summed E-state index contributed by atoms with van der Waals surface area (Å²) >= 11 is 0. The molecule has 0 aromatic rings. The largest absolute Gasteiger partial charge is 0.381 e. The molecule has 0 rings (SSSR count). The standard InChI is InChI=1S/C9H18N2/c1-7(8(2)10-4)9(3)11(5)6/h1-6H3. The number of allylic oxidation sites excluding steroid dienone is 2. The van der Waals surface area contributed by atoms with Gasteiger partial charge in [-0.15, -0.1) is 0 Å². The Balaban J connectivity index is 4.67. The molecule has 0 bridgehead atoms. The SMILES string of the molecule is CN=C(C)C(C)=C(C)N(C)C. The van der Waals surface area contributed by atoms with Crippen LogP contribution in [0.5, 0.6) is 0 Å². The van der Waals surface area contributed by atoms with E-state index in [1.54, 1.807) is 0 Å². The highest BCUT2D eigenvalue weighted by molar-refractivity contribution is 5.98. The van der Waals surface area contributed by atoms with Crippen LogP contribution in [0.1, 0.15) is 20.8 Å². The van der Waals surface area contributed by atoms with Crippen LogP contribution in [0.2, 0.25) is 0 Å². The molecule has 0 aliphatic carbocycles. The van der Waals surface area contributed by atoms with Gasteiger partial charge < -0.3 is 4.90 Å². The van der Waals surface area contributed by atoms with Gasteiger partial charge in [0.15, 0.2) is 0 Å². The van der Waals surface area contributed by atoms with Gasteiger partial charge in [0.2, 0.25) is 0 Å². The Kier molecular flexibility index (Phi) is 3.86. The molecule has 0 amide bonds. The predicted molar refractivity (Wildman–Crippen MR) is 51.1 cm³/mol. The van der Waals surface area contributed by atoms with E-state index in [9.17, 15) is 0 Å². The summed E-state index contributed by atoms with van der Waals surface area (Å²) in [5, 5.41) is 0. The maximum atomic E-state index is 4.12. The molecule has 0 radical (unpaired) electrons. The first-order valence-corrected chi connectivity index (χ1v) is 3.79. The second kappa shape index (κ2) is 4.16. The van der Waals surface area contributed by atoms with Crippen molar-refractivity contribution in [2.75, 3.05) is 21.1 Å². The van der Waals surface area contributed by atoms with Crippen molar-refractivity contribution < 1.29 is 0 Å². The molecule has 0 aromatic carbocycles. The summed E-state index contributed by atoms with van der Waals surface area (Å²) in [6.45, 7) is 6.23. The van der Waals surface area contributed by atoms with Gasteiger partial charge in [0.25, 0.3) is 0 Å². The summed E-state index contributed by atoms with van der Waals surface area (Å²) in [6.07, 6.45) is 0. The highest BCUT2D eigenvalue weighted by atomic mass is 15.1. The zero-order valence-electron chi connectivity index (χ0n) is 8.39. The molecule has 2 nitrogen and oxygen atoms in total. The summed E-state index contributed by atoms with van der Waals surface area (Å²) in [4.78, 5) is 6.23. The fraction of sp³-hybridized carbons (Fsp3) is 0.667. The molecule has 64 valence electrons. The summed E-state index contributed by atoms with van der Waals surface area (Å²) in [7, 11) is 5.91. The third kappa shape index (κ3) is 2.74. The summed E-state index contributed by atoms with van der Waals surface area (Å²) in [5.74, 6) is 0. The maximum absolute atomic E-state index is 4.12. The van der Waals surface area contributed by atoms with Crippen molar-refractivity contribution in [1.29, 1.82) is 0 Å². The minimum Gasteiger partial charge on any atom is -0.381 e. The van der Waals surface area contributed by atoms with Gasteiger partial charge in [-0.25, -0.2) is 0 Å². The smallest absolute Gasteiger partial charge is 0.0360 e. The third-order valence-electron chi connectivity index (χ3n) is 2.09. The van der Waals surface area contributed by atoms with Crippen LogP contribution < -0.4 is 0 Å². The molecule has 0 atom stereocenters. The first-order valence-electron chi connectivity index (χ1n) is 3.79. The van der Waals surface area contributed by atoms with Gasteiger partial charge in [-0.05, 0) is 26.3 Å². The lowest BCUT2D eigenvalue weighted by molar-refractivity contribution is 0.510. The molecule has 0 aromatic heterocycles. The molecule has 0 saturated heterocycles. The van der Waals surface area contributed by atoms with Crippen molar-refractivity contribution >= 4 is 5.71 Å². The molecule has 0 aliphatic heterocycles. The van der Waals surface area contributed by atoms with Gasteiger partial charge in [0.1, 0.15) is 0 Å². The van der Waals surface area contributed by atoms with Crippen molar-refractivity contribution in [2.24, 2.45) is 4.99 Å². The molecule has 11 heavy (non-hydrogen) atoms. The predicted octanol–water partition coefficient (Wildman–Crippen LogP) is 1.93. The summed E-state index contributed by atoms with van der Waals surface area (Å²) < 4.78 is 0. The van der Waals surface area contributed by atoms with Gasteiger partial charge in [-0.3, -0.25) is 4.99 Å². The van der Waals surface area contributed by atoms with Gasteiger partial charge in [-0.2, -0.15) is 0 Å². The highest BCUT2D eigenvalue weighted by Gasteiger charge is 2.00. The Morgan fingerprint density at radius 2 is 1.55 bits per heavy atom. The maximum Gasteiger partial charge on any atom is 0.0360 e. The second-order valence-electron chi connectivity index (χ2n) is 2.91. The molecule has 0 fully saturated rings. The topological polar surface area (TPSA) is 15.6 Å². The molecule has 0 N–H and O–H groups in total. The van der Waals surface area contributed by atoms with E-state index >= 15 is 0 Å². The van der Waals surface area contributed by atoms with Crippen LogP contribution >= 0.6 is 0 Å². The molecular weight excluding hydrogens is 136 g/mol. The molecule has 0 heterocycles. The van der Waals surface area contributed by atoms with Crippen LogP contribution in [0.3, 0.4) is 0 Å². The Labute approximate surface area is 69.6 Å². The van der Waals surface area contributed by atoms with Gasteiger partial charge in [0.05, 0.1) is 0 Å². The van der Waals surface area contributed by atoms with Crippen LogP contribution in [0.15, 0.2) is 16.3 Å². The van der Waals surface area contributed by atoms with E-state index in [0.717, 1.165) is 5.71 Å². The van der Waals surface area contributed by atoms with E-state index in [1.807, 2.05) is 28.1 Å². The van der Waals surface area contributed by atoms with Crippen molar-refractivity contribution in [3.8, 4) is 0 Å². The Bertz CT molecular complexity index is 188. The molecular formula is C9H18N2. The summed E-state index contributed by atoms with van der Waals surface area (Å²) in [5.41, 5.74) is 3.64. The lowest BCUT2D eigenvalue weighted by Gasteiger charge is -2.16. The third-order valence-corrected chi connectivity index (χ3v) is 2.09. The monoisotopic (exact) mass is 154 g/mol. The molecule has 2 heteroatoms. The number of rotatable bonds is 2. The van der Waals surface area contributed by atoms with Gasteiger partial charge in [-0.1, -0.05) is 0 Å². The average Bonchev–Trinajstić information content (AvgIpc) is 2.00. The lowest BCUT2D eigenvalue weighted by atomic mass is 10.1. The fourth-order valence-corrected chi connectivity index (χ4v) is 0.765. The quantitative estimate of drug-likeness (QED) is 0.555. The van der Waals surface area contributed by atoms with Crippen molar-refractivity contribution in [3.05, 3.63) is 11.3 Å². The second-order valence-corrected chi connectivity index (χ2v) is 2.91. The van der Waals surface area contributed by atoms with E-state index in [2.05, 4.69) is 23.7 Å². The minimum atomic E-state index is 1.11. The van der Waals surface area contributed by atoms with E-state index in [4.69, 9.17) is 0 Å². The van der Waals surface area contributed by atoms with Crippen LogP contribution in [-0.2, 0) is 0 Å². The average molecular weight is 154 g/mol. The lowest BCUT2D eigenvalue weighted by Crippen LogP contribution is -2.12. The van der Waals surface area contributed by atoms with Crippen molar-refractivity contribution in [1.82, 2.24) is 4.90 Å². The van der Waals surface area contributed by atoms with Crippen LogP contribution in [0, 0.1) is 0 Å². The van der Waals surface area contributed by atoms with E-state index in [1.165, 1.54) is 11.3 Å². The minimum absolute atomic E-state index is 1.11. The highest BCUT2D eigenvalue weighted by Crippen LogP contribution is 2.07. The van der Waals surface area contributed by atoms with Crippen molar-refractivity contribution in [3.63, 3.8) is 0 Å². The first kappa shape index (κ1) is 10.2. The van der Waals surface area contributed by atoms with Gasteiger partial charge >= 0.3 is 0 Å². The number of hydrogen-bond donors (Lipinski definition) is 0. The zero-order valence-corrected chi connectivity index (χ0v) is 8.39. The normalized spacial score (nSPS) is 14.5. The molecule has 0 aliphatic rings. The van der Waals surface area contributed by atoms with E-state index in [0.29, 0.717) is 0 Å². The Morgan fingerprint density at radius 1 is 1.09 bits per heavy atom. The van der Waals surface area contributed by atoms with E-state index in [-0.39, 0.29) is 0 Å². The Hall–Kier alpha value is -0.790. The number of hydrogen-bond acceptors (Lipinski definition) is 2. The molecule has 0 spiro atoms. The van der Waals surface area contributed by atoms with Crippen LogP contribution in [0.4, 0.5) is 0 Å². The van der Waals surface area contributed by atoms with Crippen LogP contribution in [-0.4, -0.2) is 31.8 Å². The van der Waals surface area contributed by atoms with Crippen LogP contribution in [0.25, 0.3) is 0 Å². The number of aliphatic imine (C=N–C) groups is 1. The Morgan fingerprint density at radius 3 is 1.82 bits per heavy atom. The first-order chi connectivity index (χ1) is 5.00. The zero-order chi connectivity index (χ0) is 9.02. The molecule has 0 saturated carbocycles. The van der Waals surface area contributed by atoms with E-state index < -0.39 is 0 Å². The summed E-state index contributed by atoms with van der Waals surface area (Å²) in [6, 6.07) is 0. The van der Waals surface area contributed by atoms with Crippen molar-refractivity contribution in [2.45, 2.75) is 20.8 Å².